The number of nitrogens with zero attached hydrogens (tertiary/aromatic N) is 1. The van der Waals surface area contributed by atoms with Crippen molar-refractivity contribution in [3.8, 4) is 0 Å². The highest BCUT2D eigenvalue weighted by Gasteiger charge is 2.56. The maximum absolute atomic E-state index is 14.3. The number of aliphatic hydroxyl groups excluding tert-OH is 1. The number of methoxy groups -OCH3 is 3. The molecule has 4 rings (SSSR count). The summed E-state index contributed by atoms with van der Waals surface area (Å²) in [6.45, 7) is 11.4. The van der Waals surface area contributed by atoms with Gasteiger partial charge in [-0.2, -0.15) is 0 Å². The Morgan fingerprint density at radius 2 is 1.61 bits per heavy atom. The molecule has 0 aromatic carbocycles. The molecule has 3 aliphatic heterocycles. The van der Waals surface area contributed by atoms with Gasteiger partial charge in [-0.1, -0.05) is 46.8 Å². The van der Waals surface area contributed by atoms with Gasteiger partial charge in [0.25, 0.3) is 11.7 Å². The summed E-state index contributed by atoms with van der Waals surface area (Å²) in [6, 6.07) is -1.12. The number of ketones is 2. The molecule has 13 heteroatoms. The molecule has 0 aromatic rings. The molecular formula is C43H68ClNO11. The Bertz CT molecular complexity index is 1440. The van der Waals surface area contributed by atoms with Crippen molar-refractivity contribution in [2.24, 2.45) is 29.6 Å². The number of carbonyl (C=O) groups excluding carboxylic acids is 4. The van der Waals surface area contributed by atoms with Crippen LogP contribution in [0.4, 0.5) is 0 Å². The number of hydrogen-bond acceptors (Lipinski definition) is 11. The van der Waals surface area contributed by atoms with Gasteiger partial charge in [-0.15, -0.1) is 11.6 Å². The number of halogens is 1. The van der Waals surface area contributed by atoms with Crippen molar-refractivity contribution in [1.29, 1.82) is 0 Å². The SMILES string of the molecule is CCC1=CC(C)C[C@H](C)C[C@H](OC)[C@H]2O[C@@](O)(C(=O)C(=O)N3CCCC[C@H]3C(=O)O[C@H](C(C)=C[C@@H]3CC[C@H](Cl)[C@H](OC)C3)[C@@H](C)[C@@H](O)CC1=O)[C@H](C)C[C@@H]2OC. The highest BCUT2D eigenvalue weighted by atomic mass is 35.5. The number of cyclic esters (lactones) is 1. The van der Waals surface area contributed by atoms with E-state index in [1.54, 1.807) is 21.0 Å². The van der Waals surface area contributed by atoms with Gasteiger partial charge in [-0.05, 0) is 100 Å². The van der Waals surface area contributed by atoms with Crippen LogP contribution < -0.4 is 0 Å². The lowest BCUT2D eigenvalue weighted by atomic mass is 9.81. The summed E-state index contributed by atoms with van der Waals surface area (Å²) in [6.07, 6.45) is 5.14. The first-order valence-corrected chi connectivity index (χ1v) is 21.2. The molecule has 1 saturated carbocycles. The van der Waals surface area contributed by atoms with Crippen LogP contribution in [0.2, 0.25) is 0 Å². The highest BCUT2D eigenvalue weighted by molar-refractivity contribution is 6.39. The van der Waals surface area contributed by atoms with E-state index in [0.29, 0.717) is 49.7 Å². The van der Waals surface area contributed by atoms with E-state index in [2.05, 4.69) is 6.92 Å². The Morgan fingerprint density at radius 1 is 0.946 bits per heavy atom. The van der Waals surface area contributed by atoms with Crippen LogP contribution in [0, 0.1) is 29.6 Å². The fraction of sp³-hybridized carbons (Fsp3) is 0.814. The van der Waals surface area contributed by atoms with Crippen molar-refractivity contribution in [2.75, 3.05) is 27.9 Å². The van der Waals surface area contributed by atoms with Gasteiger partial charge < -0.3 is 38.8 Å². The van der Waals surface area contributed by atoms with Crippen molar-refractivity contribution in [3.05, 3.63) is 23.3 Å². The number of esters is 1. The van der Waals surface area contributed by atoms with Crippen LogP contribution >= 0.6 is 11.6 Å². The molecule has 56 heavy (non-hydrogen) atoms. The van der Waals surface area contributed by atoms with Gasteiger partial charge in [0.15, 0.2) is 5.78 Å². The third kappa shape index (κ3) is 10.9. The van der Waals surface area contributed by atoms with Crippen LogP contribution in [0.1, 0.15) is 112 Å². The molecule has 3 heterocycles. The van der Waals surface area contributed by atoms with Crippen LogP contribution in [0.5, 0.6) is 0 Å². The zero-order chi connectivity index (χ0) is 41.5. The van der Waals surface area contributed by atoms with Gasteiger partial charge in [-0.3, -0.25) is 14.4 Å². The van der Waals surface area contributed by atoms with E-state index in [4.69, 9.17) is 35.3 Å². The minimum Gasteiger partial charge on any atom is -0.456 e. The van der Waals surface area contributed by atoms with E-state index in [1.807, 2.05) is 32.9 Å². The van der Waals surface area contributed by atoms with Crippen molar-refractivity contribution < 1.29 is 53.1 Å². The standard InChI is InChI=1S/C43H68ClNO11/c1-10-30-18-24(2)17-25(3)19-36(53-8)39-37(54-9)21-27(5)43(51,56-39)40(48)41(49)45-16-12-11-13-32(45)42(50)55-38(28(6)33(46)23-34(30)47)26(4)20-29-14-15-31(44)35(22-29)52-7/h18,20,24-25,27-29,31-33,35-39,46,51H,10-17,19,21-23H2,1-9H3/t24?,25-,27+,28-,29-,31-,32-,33-,35+,36-,37-,38+,39+,43+/m0/s1. The van der Waals surface area contributed by atoms with Gasteiger partial charge in [0.2, 0.25) is 5.79 Å². The molecule has 2 saturated heterocycles. The third-order valence-corrected chi connectivity index (χ3v) is 13.3. The molecule has 1 amide bonds. The second-order valence-electron chi connectivity index (χ2n) is 17.1. The Labute approximate surface area is 339 Å². The predicted octanol–water partition coefficient (Wildman–Crippen LogP) is 5.72. The predicted molar refractivity (Wildman–Crippen MR) is 212 cm³/mol. The summed E-state index contributed by atoms with van der Waals surface area (Å²) in [5, 5.41) is 23.6. The number of hydrogen-bond donors (Lipinski definition) is 2. The second kappa shape index (κ2) is 20.7. The molecule has 318 valence electrons. The van der Waals surface area contributed by atoms with Crippen LogP contribution in [0.3, 0.4) is 0 Å². The fourth-order valence-electron chi connectivity index (χ4n) is 9.39. The largest absolute Gasteiger partial charge is 0.456 e. The zero-order valence-electron chi connectivity index (χ0n) is 35.0. The molecule has 2 bridgehead atoms. The molecule has 0 radical (unpaired) electrons. The van der Waals surface area contributed by atoms with Crippen molar-refractivity contribution in [3.63, 3.8) is 0 Å². The number of aliphatic hydroxyl groups is 2. The first-order chi connectivity index (χ1) is 26.5. The number of piperidine rings is 1. The van der Waals surface area contributed by atoms with Crippen LogP contribution in [0.15, 0.2) is 23.3 Å². The Morgan fingerprint density at radius 3 is 2.25 bits per heavy atom. The van der Waals surface area contributed by atoms with E-state index in [9.17, 15) is 29.4 Å². The van der Waals surface area contributed by atoms with Crippen LogP contribution in [-0.2, 0) is 42.9 Å². The van der Waals surface area contributed by atoms with Crippen molar-refractivity contribution in [2.45, 2.75) is 166 Å². The summed E-state index contributed by atoms with van der Waals surface area (Å²) < 4.78 is 29.9. The highest BCUT2D eigenvalue weighted by Crippen LogP contribution is 2.39. The molecule has 2 N–H and O–H groups in total. The van der Waals surface area contributed by atoms with Gasteiger partial charge in [0.1, 0.15) is 18.2 Å². The lowest BCUT2D eigenvalue weighted by Gasteiger charge is -2.47. The number of amides is 1. The first kappa shape index (κ1) is 46.5. The average molecular weight is 810 g/mol. The summed E-state index contributed by atoms with van der Waals surface area (Å²) in [7, 11) is 4.72. The smallest absolute Gasteiger partial charge is 0.329 e. The average Bonchev–Trinajstić information content (AvgIpc) is 3.18. The van der Waals surface area contributed by atoms with E-state index in [1.165, 1.54) is 19.1 Å². The molecule has 4 aliphatic rings. The molecule has 1 aliphatic carbocycles. The fourth-order valence-corrected chi connectivity index (χ4v) is 9.72. The number of fused-ring (bicyclic) bond motifs is 3. The number of ether oxygens (including phenoxy) is 5. The molecule has 3 fully saturated rings. The molecule has 1 unspecified atom stereocenters. The van der Waals surface area contributed by atoms with Gasteiger partial charge in [0, 0.05) is 46.1 Å². The quantitative estimate of drug-likeness (QED) is 0.146. The summed E-state index contributed by atoms with van der Waals surface area (Å²) in [4.78, 5) is 57.7. The maximum atomic E-state index is 14.3. The Kier molecular flexibility index (Phi) is 17.2. The van der Waals surface area contributed by atoms with E-state index < -0.39 is 71.8 Å². The minimum atomic E-state index is -2.49. The van der Waals surface area contributed by atoms with Gasteiger partial charge >= 0.3 is 5.97 Å². The van der Waals surface area contributed by atoms with Crippen LogP contribution in [0.25, 0.3) is 0 Å². The topological polar surface area (TPSA) is 158 Å². The molecule has 0 aromatic heterocycles. The van der Waals surface area contributed by atoms with E-state index in [-0.39, 0.29) is 60.8 Å². The number of rotatable bonds is 6. The monoisotopic (exact) mass is 809 g/mol. The Balaban J connectivity index is 1.76. The number of carbonyl (C=O) groups is 4. The Hall–Kier alpha value is -2.19. The lowest BCUT2D eigenvalue weighted by molar-refractivity contribution is -0.302. The number of alkyl halides is 1. The number of Topliss-reactive ketones (excluding diaryl/α,β-unsaturated/α-hetero) is 2. The molecule has 0 spiro atoms. The van der Waals surface area contributed by atoms with Crippen molar-refractivity contribution >= 4 is 35.0 Å². The summed E-state index contributed by atoms with van der Waals surface area (Å²) in [5.41, 5.74) is 1.32. The minimum absolute atomic E-state index is 0.00186. The molecule has 12 nitrogen and oxygen atoms in total. The first-order valence-electron chi connectivity index (χ1n) is 20.8. The number of allylic oxidation sites excluding steroid dienone is 3. The maximum Gasteiger partial charge on any atom is 0.329 e. The lowest BCUT2D eigenvalue weighted by Crippen LogP contribution is -2.64. The molecule has 14 atom stereocenters. The van der Waals surface area contributed by atoms with Crippen molar-refractivity contribution in [1.82, 2.24) is 4.90 Å². The summed E-state index contributed by atoms with van der Waals surface area (Å²) in [5.74, 6) is -6.93. The molecular weight excluding hydrogens is 742 g/mol. The van der Waals surface area contributed by atoms with Gasteiger partial charge in [0.05, 0.1) is 29.8 Å². The van der Waals surface area contributed by atoms with Gasteiger partial charge in [-0.25, -0.2) is 4.79 Å². The zero-order valence-corrected chi connectivity index (χ0v) is 35.8. The second-order valence-corrected chi connectivity index (χ2v) is 17.6. The third-order valence-electron chi connectivity index (χ3n) is 12.8. The van der Waals surface area contributed by atoms with Crippen LogP contribution in [-0.4, -0.2) is 120 Å². The normalized spacial score (nSPS) is 40.6. The van der Waals surface area contributed by atoms with E-state index >= 15 is 0 Å². The van der Waals surface area contributed by atoms with E-state index in [0.717, 1.165) is 12.8 Å². The summed E-state index contributed by atoms with van der Waals surface area (Å²) >= 11 is 6.52.